The fourth-order valence-corrected chi connectivity index (χ4v) is 8.51. The van der Waals surface area contributed by atoms with Gasteiger partial charge in [0.1, 0.15) is 13.2 Å². The molecule has 63 heavy (non-hydrogen) atoms. The van der Waals surface area contributed by atoms with E-state index in [1.807, 2.05) is 0 Å². The molecule has 0 saturated heterocycles. The molecule has 0 bridgehead atoms. The van der Waals surface area contributed by atoms with Gasteiger partial charge in [-0.25, -0.2) is 0 Å². The van der Waals surface area contributed by atoms with Gasteiger partial charge >= 0.3 is 17.9 Å². The van der Waals surface area contributed by atoms with E-state index in [2.05, 4.69) is 32.9 Å². The van der Waals surface area contributed by atoms with E-state index in [0.29, 0.717) is 19.3 Å². The van der Waals surface area contributed by atoms with E-state index >= 15 is 0 Å². The maximum Gasteiger partial charge on any atom is 0.306 e. The van der Waals surface area contributed by atoms with Crippen LogP contribution in [0.5, 0.6) is 0 Å². The minimum Gasteiger partial charge on any atom is -0.462 e. The number of rotatable bonds is 52. The average Bonchev–Trinajstić information content (AvgIpc) is 3.28. The molecule has 0 heterocycles. The minimum atomic E-state index is -0.765. The molecule has 0 aliphatic rings. The van der Waals surface area contributed by atoms with E-state index in [1.165, 1.54) is 205 Å². The molecule has 1 unspecified atom stereocenters. The quantitative estimate of drug-likeness (QED) is 0.0262. The number of carbonyl (C=O) groups is 3. The molecule has 0 aromatic carbocycles. The molecule has 372 valence electrons. The normalized spacial score (nSPS) is 12.0. The molecule has 0 aromatic heterocycles. The summed E-state index contributed by atoms with van der Waals surface area (Å²) in [5.41, 5.74) is 0. The number of unbranched alkanes of at least 4 members (excludes halogenated alkanes) is 39. The lowest BCUT2D eigenvalue weighted by atomic mass is 10.0. The molecule has 0 saturated carbocycles. The zero-order chi connectivity index (χ0) is 45.8. The third-order valence-corrected chi connectivity index (χ3v) is 12.8. The molecule has 0 fully saturated rings. The van der Waals surface area contributed by atoms with Crippen LogP contribution in [0.4, 0.5) is 0 Å². The van der Waals surface area contributed by atoms with Gasteiger partial charge in [0.15, 0.2) is 6.10 Å². The second-order valence-corrected chi connectivity index (χ2v) is 19.2. The number of esters is 3. The molecule has 0 aromatic rings. The molecule has 6 nitrogen and oxygen atoms in total. The Kier molecular flexibility index (Phi) is 51.2. The highest BCUT2D eigenvalue weighted by Crippen LogP contribution is 2.17. The van der Waals surface area contributed by atoms with Crippen LogP contribution < -0.4 is 0 Å². The first-order valence-electron chi connectivity index (χ1n) is 28.2. The number of hydrogen-bond donors (Lipinski definition) is 0. The van der Waals surface area contributed by atoms with Gasteiger partial charge in [-0.3, -0.25) is 14.4 Å². The van der Waals surface area contributed by atoms with Gasteiger partial charge in [-0.1, -0.05) is 270 Å². The van der Waals surface area contributed by atoms with Crippen molar-refractivity contribution < 1.29 is 28.6 Å². The lowest BCUT2D eigenvalue weighted by Crippen LogP contribution is -2.30. The van der Waals surface area contributed by atoms with Crippen LogP contribution in [0.2, 0.25) is 0 Å². The summed E-state index contributed by atoms with van der Waals surface area (Å²) in [6, 6.07) is 0. The van der Waals surface area contributed by atoms with E-state index < -0.39 is 6.10 Å². The Labute approximate surface area is 392 Å². The lowest BCUT2D eigenvalue weighted by molar-refractivity contribution is -0.167. The predicted molar refractivity (Wildman–Crippen MR) is 270 cm³/mol. The molecule has 0 aliphatic heterocycles. The van der Waals surface area contributed by atoms with Crippen molar-refractivity contribution in [2.75, 3.05) is 13.2 Å². The first-order valence-corrected chi connectivity index (χ1v) is 28.2. The van der Waals surface area contributed by atoms with Gasteiger partial charge in [-0.05, 0) is 38.5 Å². The molecular weight excluding hydrogens is 781 g/mol. The molecule has 0 radical (unpaired) electrons. The fraction of sp³-hybridized carbons (Fsp3) is 0.912. The van der Waals surface area contributed by atoms with Crippen LogP contribution >= 0.6 is 0 Å². The summed E-state index contributed by atoms with van der Waals surface area (Å²) in [6.07, 6.45) is 59.8. The SMILES string of the molecule is CCC/C=C\CCCCCCCC(=O)OC(COC(=O)CCCCCCCC)COC(=O)CCCCCCCCCCCCCCCCCCCCCCCCCCCCCCC. The van der Waals surface area contributed by atoms with Crippen LogP contribution in [0.1, 0.15) is 316 Å². The van der Waals surface area contributed by atoms with E-state index in [4.69, 9.17) is 14.2 Å². The summed E-state index contributed by atoms with van der Waals surface area (Å²) in [5, 5.41) is 0. The van der Waals surface area contributed by atoms with Gasteiger partial charge in [0, 0.05) is 19.3 Å². The first kappa shape index (κ1) is 61.1. The van der Waals surface area contributed by atoms with Crippen LogP contribution in [0, 0.1) is 0 Å². The van der Waals surface area contributed by atoms with Crippen LogP contribution in [-0.4, -0.2) is 37.2 Å². The van der Waals surface area contributed by atoms with Crippen molar-refractivity contribution >= 4 is 17.9 Å². The van der Waals surface area contributed by atoms with Crippen LogP contribution in [0.3, 0.4) is 0 Å². The van der Waals surface area contributed by atoms with Crippen LogP contribution in [0.15, 0.2) is 12.2 Å². The largest absolute Gasteiger partial charge is 0.462 e. The Morgan fingerprint density at radius 3 is 0.857 bits per heavy atom. The highest BCUT2D eigenvalue weighted by atomic mass is 16.6. The Balaban J connectivity index is 3.88. The summed E-state index contributed by atoms with van der Waals surface area (Å²) in [6.45, 7) is 6.55. The maximum atomic E-state index is 12.7. The maximum absolute atomic E-state index is 12.7. The third kappa shape index (κ3) is 51.0. The fourth-order valence-electron chi connectivity index (χ4n) is 8.51. The van der Waals surface area contributed by atoms with Crippen molar-refractivity contribution in [3.8, 4) is 0 Å². The van der Waals surface area contributed by atoms with Crippen molar-refractivity contribution in [2.24, 2.45) is 0 Å². The number of allylic oxidation sites excluding steroid dienone is 2. The first-order chi connectivity index (χ1) is 31.0. The zero-order valence-electron chi connectivity index (χ0n) is 42.6. The van der Waals surface area contributed by atoms with E-state index in [9.17, 15) is 14.4 Å². The second-order valence-electron chi connectivity index (χ2n) is 19.2. The topological polar surface area (TPSA) is 78.9 Å². The smallest absolute Gasteiger partial charge is 0.306 e. The molecule has 0 aliphatic carbocycles. The molecule has 0 amide bonds. The highest BCUT2D eigenvalue weighted by molar-refractivity contribution is 5.71. The van der Waals surface area contributed by atoms with Crippen molar-refractivity contribution in [2.45, 2.75) is 322 Å². The van der Waals surface area contributed by atoms with Crippen molar-refractivity contribution in [1.29, 1.82) is 0 Å². The Morgan fingerprint density at radius 1 is 0.302 bits per heavy atom. The van der Waals surface area contributed by atoms with Crippen molar-refractivity contribution in [3.63, 3.8) is 0 Å². The third-order valence-electron chi connectivity index (χ3n) is 12.8. The Hall–Kier alpha value is -1.85. The number of hydrogen-bond acceptors (Lipinski definition) is 6. The monoisotopic (exact) mass is 889 g/mol. The van der Waals surface area contributed by atoms with Gasteiger partial charge in [-0.2, -0.15) is 0 Å². The predicted octanol–water partition coefficient (Wildman–Crippen LogP) is 18.5. The molecule has 6 heteroatoms. The van der Waals surface area contributed by atoms with Gasteiger partial charge in [0.25, 0.3) is 0 Å². The average molecular weight is 889 g/mol. The van der Waals surface area contributed by atoms with Crippen LogP contribution in [-0.2, 0) is 28.6 Å². The Bertz CT molecular complexity index is 978. The summed E-state index contributed by atoms with van der Waals surface area (Å²) >= 11 is 0. The zero-order valence-corrected chi connectivity index (χ0v) is 42.6. The molecule has 1 atom stereocenters. The summed E-state index contributed by atoms with van der Waals surface area (Å²) in [4.78, 5) is 37.6. The second kappa shape index (κ2) is 52.8. The van der Waals surface area contributed by atoms with Crippen LogP contribution in [0.25, 0.3) is 0 Å². The number of ether oxygens (including phenoxy) is 3. The molecule has 0 spiro atoms. The van der Waals surface area contributed by atoms with E-state index in [-0.39, 0.29) is 31.1 Å². The van der Waals surface area contributed by atoms with Gasteiger partial charge < -0.3 is 14.2 Å². The van der Waals surface area contributed by atoms with E-state index in [1.54, 1.807) is 0 Å². The number of carbonyl (C=O) groups excluding carboxylic acids is 3. The minimum absolute atomic E-state index is 0.0695. The standard InChI is InChI=1S/C57H108O6/c1-4-7-10-13-16-18-20-21-22-23-24-25-26-27-28-29-30-31-32-33-34-35-36-37-38-40-41-44-47-50-56(59)62-53-54(52-61-55(58)49-46-43-15-12-9-6-3)63-57(60)51-48-45-42-39-19-17-14-11-8-5-2/h11,14,54H,4-10,12-13,15-53H2,1-3H3/b14-11-. The summed E-state index contributed by atoms with van der Waals surface area (Å²) in [5.74, 6) is -0.876. The molecule has 0 N–H and O–H groups in total. The summed E-state index contributed by atoms with van der Waals surface area (Å²) in [7, 11) is 0. The highest BCUT2D eigenvalue weighted by Gasteiger charge is 2.19. The summed E-state index contributed by atoms with van der Waals surface area (Å²) < 4.78 is 16.7. The van der Waals surface area contributed by atoms with Crippen molar-refractivity contribution in [1.82, 2.24) is 0 Å². The van der Waals surface area contributed by atoms with Gasteiger partial charge in [0.2, 0.25) is 0 Å². The molecule has 0 rings (SSSR count). The van der Waals surface area contributed by atoms with E-state index in [0.717, 1.165) is 70.6 Å². The Morgan fingerprint density at radius 2 is 0.556 bits per heavy atom. The lowest BCUT2D eigenvalue weighted by Gasteiger charge is -2.18. The van der Waals surface area contributed by atoms with Gasteiger partial charge in [-0.15, -0.1) is 0 Å². The van der Waals surface area contributed by atoms with Crippen molar-refractivity contribution in [3.05, 3.63) is 12.2 Å². The molecular formula is C57H108O6. The van der Waals surface area contributed by atoms with Gasteiger partial charge in [0.05, 0.1) is 0 Å².